The maximum absolute atomic E-state index is 9.19. The number of hydrogen-bond donors (Lipinski definition) is 2. The molecule has 0 amide bonds. The third-order valence-corrected chi connectivity index (χ3v) is 2.81. The first-order valence-corrected chi connectivity index (χ1v) is 5.62. The van der Waals surface area contributed by atoms with Crippen LogP contribution in [0.2, 0.25) is 5.02 Å². The van der Waals surface area contributed by atoms with Crippen LogP contribution in [0.3, 0.4) is 0 Å². The second-order valence-electron chi connectivity index (χ2n) is 3.28. The minimum absolute atomic E-state index is 0.428. The minimum Gasteiger partial charge on any atom is -0.392 e. The summed E-state index contributed by atoms with van der Waals surface area (Å²) in [5, 5.41) is 12.8. The molecule has 0 unspecified atom stereocenters. The fraction of sp³-hybridized carbons (Fsp3) is 0.333. The summed E-state index contributed by atoms with van der Waals surface area (Å²) in [4.78, 5) is 0. The van der Waals surface area contributed by atoms with Crippen LogP contribution in [0.1, 0.15) is 6.92 Å². The number of aromatic nitrogens is 2. The Morgan fingerprint density at radius 2 is 2.33 bits per heavy atom. The van der Waals surface area contributed by atoms with Crippen molar-refractivity contribution in [2.75, 3.05) is 11.9 Å². The Hall–Kier alpha value is -0.910. The maximum atomic E-state index is 9.19. The summed E-state index contributed by atoms with van der Waals surface area (Å²) < 4.78 is 8.28. The molecule has 0 aliphatic heterocycles. The number of anilines is 1. The van der Waals surface area contributed by atoms with Crippen molar-refractivity contribution in [1.29, 1.82) is 0 Å². The Kier molecular flexibility index (Phi) is 3.04. The number of rotatable bonds is 3. The Balaban J connectivity index is 2.38. The quantitative estimate of drug-likeness (QED) is 0.867. The van der Waals surface area contributed by atoms with Gasteiger partial charge in [0, 0.05) is 6.54 Å². The van der Waals surface area contributed by atoms with Crippen LogP contribution in [-0.4, -0.2) is 26.5 Å². The zero-order chi connectivity index (χ0) is 10.8. The largest absolute Gasteiger partial charge is 0.392 e. The number of halogens is 1. The van der Waals surface area contributed by atoms with Crippen molar-refractivity contribution in [3.63, 3.8) is 0 Å². The molecule has 1 aromatic carbocycles. The molecular weight excluding hydrogens is 234 g/mol. The number of nitrogens with zero attached hydrogens (tertiary/aromatic N) is 2. The predicted octanol–water partition coefficient (Wildman–Crippen LogP) is 2.14. The van der Waals surface area contributed by atoms with E-state index < -0.39 is 6.10 Å². The molecule has 6 heteroatoms. The fourth-order valence-electron chi connectivity index (χ4n) is 1.24. The molecule has 2 N–H and O–H groups in total. The molecule has 0 spiro atoms. The minimum atomic E-state index is -0.428. The Morgan fingerprint density at radius 1 is 1.53 bits per heavy atom. The maximum Gasteiger partial charge on any atom is 0.129 e. The lowest BCUT2D eigenvalue weighted by atomic mass is 10.2. The first-order valence-electron chi connectivity index (χ1n) is 4.51. The third kappa shape index (κ3) is 2.19. The highest BCUT2D eigenvalue weighted by Gasteiger charge is 2.09. The van der Waals surface area contributed by atoms with Crippen LogP contribution in [0.5, 0.6) is 0 Å². The molecule has 80 valence electrons. The van der Waals surface area contributed by atoms with E-state index in [2.05, 4.69) is 14.1 Å². The highest BCUT2D eigenvalue weighted by Crippen LogP contribution is 2.29. The Bertz CT molecular complexity index is 471. The van der Waals surface area contributed by atoms with Gasteiger partial charge in [0.15, 0.2) is 0 Å². The standard InChI is InChI=1S/C9H10ClN3OS/c1-5(14)4-11-8-6(10)2-3-7-9(8)13-15-12-7/h2-3,5,11,14H,4H2,1H3/t5-/m1/s1. The first-order chi connectivity index (χ1) is 7.18. The number of aliphatic hydroxyl groups is 1. The zero-order valence-electron chi connectivity index (χ0n) is 8.07. The zero-order valence-corrected chi connectivity index (χ0v) is 9.64. The van der Waals surface area contributed by atoms with Crippen LogP contribution in [0.4, 0.5) is 5.69 Å². The summed E-state index contributed by atoms with van der Waals surface area (Å²) in [6.07, 6.45) is -0.428. The van der Waals surface area contributed by atoms with E-state index in [0.717, 1.165) is 28.4 Å². The lowest BCUT2D eigenvalue weighted by molar-refractivity contribution is 0.208. The van der Waals surface area contributed by atoms with E-state index in [-0.39, 0.29) is 0 Å². The number of hydrogen-bond acceptors (Lipinski definition) is 5. The smallest absolute Gasteiger partial charge is 0.129 e. The molecule has 0 bridgehead atoms. The van der Waals surface area contributed by atoms with Gasteiger partial charge in [0.25, 0.3) is 0 Å². The van der Waals surface area contributed by atoms with E-state index in [1.807, 2.05) is 6.07 Å². The van der Waals surface area contributed by atoms with E-state index in [9.17, 15) is 5.11 Å². The molecule has 0 saturated heterocycles. The molecule has 0 saturated carbocycles. The number of fused-ring (bicyclic) bond motifs is 1. The van der Waals surface area contributed by atoms with Gasteiger partial charge < -0.3 is 10.4 Å². The van der Waals surface area contributed by atoms with Gasteiger partial charge in [0.1, 0.15) is 11.0 Å². The second-order valence-corrected chi connectivity index (χ2v) is 4.22. The van der Waals surface area contributed by atoms with Gasteiger partial charge in [-0.1, -0.05) is 11.6 Å². The fourth-order valence-corrected chi connectivity index (χ4v) is 2.01. The van der Waals surface area contributed by atoms with Crippen LogP contribution in [0, 0.1) is 0 Å². The van der Waals surface area contributed by atoms with E-state index >= 15 is 0 Å². The van der Waals surface area contributed by atoms with E-state index in [4.69, 9.17) is 11.6 Å². The highest BCUT2D eigenvalue weighted by atomic mass is 35.5. The first kappa shape index (κ1) is 10.6. The molecule has 2 rings (SSSR count). The molecule has 4 nitrogen and oxygen atoms in total. The van der Waals surface area contributed by atoms with Gasteiger partial charge in [-0.2, -0.15) is 8.75 Å². The highest BCUT2D eigenvalue weighted by molar-refractivity contribution is 7.00. The summed E-state index contributed by atoms with van der Waals surface area (Å²) in [5.41, 5.74) is 2.31. The van der Waals surface area contributed by atoms with Crippen LogP contribution in [0.15, 0.2) is 12.1 Å². The molecule has 0 aliphatic rings. The molecule has 1 aromatic heterocycles. The monoisotopic (exact) mass is 243 g/mol. The van der Waals surface area contributed by atoms with Gasteiger partial charge in [-0.05, 0) is 19.1 Å². The van der Waals surface area contributed by atoms with Crippen molar-refractivity contribution in [2.45, 2.75) is 13.0 Å². The Morgan fingerprint density at radius 3 is 3.07 bits per heavy atom. The third-order valence-electron chi connectivity index (χ3n) is 1.95. The normalized spacial score (nSPS) is 13.0. The average Bonchev–Trinajstić information content (AvgIpc) is 2.63. The van der Waals surface area contributed by atoms with Crippen molar-refractivity contribution < 1.29 is 5.11 Å². The van der Waals surface area contributed by atoms with Crippen molar-refractivity contribution in [3.05, 3.63) is 17.2 Å². The topological polar surface area (TPSA) is 58.0 Å². The summed E-state index contributed by atoms with van der Waals surface area (Å²) in [7, 11) is 0. The summed E-state index contributed by atoms with van der Waals surface area (Å²) >= 11 is 7.19. The van der Waals surface area contributed by atoms with Crippen molar-refractivity contribution >= 4 is 40.0 Å². The predicted molar refractivity (Wildman–Crippen MR) is 62.6 cm³/mol. The lowest BCUT2D eigenvalue weighted by Crippen LogP contribution is -2.15. The molecule has 0 aliphatic carbocycles. The number of nitrogens with one attached hydrogen (secondary N) is 1. The molecule has 1 atom stereocenters. The molecule has 0 fully saturated rings. The van der Waals surface area contributed by atoms with Crippen LogP contribution in [-0.2, 0) is 0 Å². The number of benzene rings is 1. The number of aliphatic hydroxyl groups excluding tert-OH is 1. The Labute approximate surface area is 96.2 Å². The van der Waals surface area contributed by atoms with E-state index in [1.54, 1.807) is 13.0 Å². The summed E-state index contributed by atoms with van der Waals surface area (Å²) in [6, 6.07) is 3.60. The summed E-state index contributed by atoms with van der Waals surface area (Å²) in [6.45, 7) is 2.15. The van der Waals surface area contributed by atoms with Crippen LogP contribution in [0.25, 0.3) is 11.0 Å². The van der Waals surface area contributed by atoms with Crippen LogP contribution < -0.4 is 5.32 Å². The van der Waals surface area contributed by atoms with Crippen molar-refractivity contribution in [3.8, 4) is 0 Å². The van der Waals surface area contributed by atoms with Gasteiger partial charge in [-0.3, -0.25) is 0 Å². The molecule has 0 radical (unpaired) electrons. The molecule has 15 heavy (non-hydrogen) atoms. The summed E-state index contributed by atoms with van der Waals surface area (Å²) in [5.74, 6) is 0. The molecule has 2 aromatic rings. The lowest BCUT2D eigenvalue weighted by Gasteiger charge is -2.09. The average molecular weight is 244 g/mol. The molecule has 1 heterocycles. The van der Waals surface area contributed by atoms with Gasteiger partial charge in [-0.15, -0.1) is 0 Å². The SMILES string of the molecule is C[C@@H](O)CNc1c(Cl)ccc2nsnc12. The molecular formula is C9H10ClN3OS. The van der Waals surface area contributed by atoms with Gasteiger partial charge >= 0.3 is 0 Å². The van der Waals surface area contributed by atoms with Gasteiger partial charge in [0.05, 0.1) is 28.5 Å². The van der Waals surface area contributed by atoms with Crippen molar-refractivity contribution in [1.82, 2.24) is 8.75 Å². The van der Waals surface area contributed by atoms with Gasteiger partial charge in [0.2, 0.25) is 0 Å². The second kappa shape index (κ2) is 4.30. The van der Waals surface area contributed by atoms with Crippen molar-refractivity contribution in [2.24, 2.45) is 0 Å². The van der Waals surface area contributed by atoms with Crippen LogP contribution >= 0.6 is 23.3 Å². The van der Waals surface area contributed by atoms with E-state index in [1.165, 1.54) is 0 Å². The van der Waals surface area contributed by atoms with Gasteiger partial charge in [-0.25, -0.2) is 0 Å². The van der Waals surface area contributed by atoms with E-state index in [0.29, 0.717) is 11.6 Å².